The van der Waals surface area contributed by atoms with Crippen LogP contribution < -0.4 is 5.73 Å². The zero-order valence-corrected chi connectivity index (χ0v) is 36.5. The van der Waals surface area contributed by atoms with Gasteiger partial charge in [0.15, 0.2) is 6.10 Å². The van der Waals surface area contributed by atoms with Gasteiger partial charge in [-0.25, -0.2) is 4.57 Å². The van der Waals surface area contributed by atoms with Gasteiger partial charge < -0.3 is 25.2 Å². The van der Waals surface area contributed by atoms with Gasteiger partial charge in [0.2, 0.25) is 0 Å². The summed E-state index contributed by atoms with van der Waals surface area (Å²) in [4.78, 5) is 45.9. The molecule has 0 aromatic carbocycles. The molecule has 330 valence electrons. The molecule has 4 N–H and O–H groups in total. The van der Waals surface area contributed by atoms with E-state index in [-0.39, 0.29) is 19.4 Å². The van der Waals surface area contributed by atoms with Crippen LogP contribution in [0.25, 0.3) is 0 Å². The second-order valence-electron chi connectivity index (χ2n) is 14.1. The number of aliphatic carboxylic acids is 1. The minimum atomic E-state index is -4.73. The van der Waals surface area contributed by atoms with E-state index in [9.17, 15) is 23.8 Å². The number of carbonyl (C=O) groups excluding carboxylic acids is 2. The molecule has 0 aromatic rings. The summed E-state index contributed by atoms with van der Waals surface area (Å²) in [7, 11) is -4.73. The minimum Gasteiger partial charge on any atom is -0.480 e. The zero-order chi connectivity index (χ0) is 42.8. The summed E-state index contributed by atoms with van der Waals surface area (Å²) in [5, 5.41) is 8.89. The summed E-state index contributed by atoms with van der Waals surface area (Å²) in [5.41, 5.74) is 5.33. The molecule has 0 radical (unpaired) electrons. The lowest BCUT2D eigenvalue weighted by Crippen LogP contribution is -2.34. The monoisotopic (exact) mass is 834 g/mol. The van der Waals surface area contributed by atoms with Crippen molar-refractivity contribution in [1.29, 1.82) is 0 Å². The molecule has 0 fully saturated rings. The largest absolute Gasteiger partial charge is 0.480 e. The molecule has 0 heterocycles. The number of hydrogen-bond acceptors (Lipinski definition) is 9. The third-order valence-electron chi connectivity index (χ3n) is 8.63. The first-order valence-electron chi connectivity index (χ1n) is 21.6. The molecule has 1 unspecified atom stereocenters. The van der Waals surface area contributed by atoms with Gasteiger partial charge in [0, 0.05) is 12.8 Å². The van der Waals surface area contributed by atoms with Gasteiger partial charge in [-0.15, -0.1) is 0 Å². The average Bonchev–Trinajstić information content (AvgIpc) is 3.20. The minimum absolute atomic E-state index is 0.115. The zero-order valence-electron chi connectivity index (χ0n) is 35.6. The molecule has 0 aliphatic carbocycles. The first-order chi connectivity index (χ1) is 28.1. The Bertz CT molecular complexity index is 1300. The predicted molar refractivity (Wildman–Crippen MR) is 235 cm³/mol. The van der Waals surface area contributed by atoms with Crippen molar-refractivity contribution in [3.8, 4) is 0 Å². The number of esters is 2. The quantitative estimate of drug-likeness (QED) is 0.0233. The predicted octanol–water partition coefficient (Wildman–Crippen LogP) is 11.5. The number of carboxylic acid groups (broad SMARTS) is 1. The van der Waals surface area contributed by atoms with Crippen molar-refractivity contribution in [2.75, 3.05) is 19.8 Å². The van der Waals surface area contributed by atoms with E-state index in [0.717, 1.165) is 89.9 Å². The topological polar surface area (TPSA) is 172 Å². The second kappa shape index (κ2) is 40.4. The molecule has 0 spiro atoms. The number of phosphoric acid groups is 1. The highest BCUT2D eigenvalue weighted by Gasteiger charge is 2.28. The number of carboxylic acids is 1. The van der Waals surface area contributed by atoms with E-state index in [0.29, 0.717) is 12.8 Å². The molecular weight excluding hydrogens is 757 g/mol. The lowest BCUT2D eigenvalue weighted by molar-refractivity contribution is -0.161. The van der Waals surface area contributed by atoms with Crippen LogP contribution >= 0.6 is 7.82 Å². The van der Waals surface area contributed by atoms with E-state index in [4.69, 9.17) is 24.8 Å². The van der Waals surface area contributed by atoms with Gasteiger partial charge in [0.05, 0.1) is 13.2 Å². The fraction of sp³-hybridized carbons (Fsp3) is 0.630. The molecule has 12 heteroatoms. The lowest BCUT2D eigenvalue weighted by Gasteiger charge is -2.20. The summed E-state index contributed by atoms with van der Waals surface area (Å²) >= 11 is 0. The highest BCUT2D eigenvalue weighted by atomic mass is 31.2. The molecule has 0 aliphatic heterocycles. The van der Waals surface area contributed by atoms with Crippen molar-refractivity contribution in [3.05, 3.63) is 85.1 Å². The van der Waals surface area contributed by atoms with Crippen LogP contribution in [0.4, 0.5) is 0 Å². The van der Waals surface area contributed by atoms with Crippen molar-refractivity contribution < 1.29 is 47.5 Å². The molecule has 0 aromatic heterocycles. The van der Waals surface area contributed by atoms with E-state index in [1.165, 1.54) is 25.7 Å². The first-order valence-corrected chi connectivity index (χ1v) is 23.1. The van der Waals surface area contributed by atoms with Crippen LogP contribution in [0, 0.1) is 0 Å². The highest BCUT2D eigenvalue weighted by molar-refractivity contribution is 7.47. The van der Waals surface area contributed by atoms with E-state index in [1.807, 2.05) is 0 Å². The van der Waals surface area contributed by atoms with Crippen LogP contribution in [0.1, 0.15) is 155 Å². The molecule has 0 aliphatic rings. The molecule has 0 rings (SSSR count). The van der Waals surface area contributed by atoms with Crippen LogP contribution in [-0.4, -0.2) is 59.9 Å². The van der Waals surface area contributed by atoms with E-state index < -0.39 is 51.1 Å². The molecule has 58 heavy (non-hydrogen) atoms. The molecule has 0 saturated carbocycles. The molecule has 0 saturated heterocycles. The number of hydrogen-bond donors (Lipinski definition) is 3. The maximum atomic E-state index is 12.6. The number of phosphoric ester groups is 1. The van der Waals surface area contributed by atoms with Crippen molar-refractivity contribution in [1.82, 2.24) is 0 Å². The number of unbranched alkanes of at least 4 members (excludes halogenated alkanes) is 11. The third-order valence-corrected chi connectivity index (χ3v) is 9.58. The molecule has 0 amide bonds. The van der Waals surface area contributed by atoms with E-state index in [1.54, 1.807) is 0 Å². The number of ether oxygens (including phenoxy) is 2. The Morgan fingerprint density at radius 1 is 0.552 bits per heavy atom. The molecular formula is C46H76NO10P. The number of carbonyl (C=O) groups is 3. The fourth-order valence-electron chi connectivity index (χ4n) is 5.24. The Morgan fingerprint density at radius 3 is 1.47 bits per heavy atom. The van der Waals surface area contributed by atoms with Gasteiger partial charge in [-0.2, -0.15) is 0 Å². The van der Waals surface area contributed by atoms with Gasteiger partial charge in [0.1, 0.15) is 12.6 Å². The Labute approximate surface area is 350 Å². The highest BCUT2D eigenvalue weighted by Crippen LogP contribution is 2.43. The van der Waals surface area contributed by atoms with Crippen LogP contribution in [-0.2, 0) is 37.5 Å². The fourth-order valence-corrected chi connectivity index (χ4v) is 6.02. The second-order valence-corrected chi connectivity index (χ2v) is 15.5. The summed E-state index contributed by atoms with van der Waals surface area (Å²) in [5.74, 6) is -2.45. The van der Waals surface area contributed by atoms with E-state index in [2.05, 4.69) is 103 Å². The summed E-state index contributed by atoms with van der Waals surface area (Å²) < 4.78 is 32.6. The third kappa shape index (κ3) is 39.5. The smallest absolute Gasteiger partial charge is 0.472 e. The number of allylic oxidation sites excluding steroid dienone is 14. The standard InChI is InChI=1S/C46H76NO10P/c1-3-5-7-9-11-13-15-17-19-20-21-22-24-26-28-30-32-34-36-38-45(49)57-42(40-55-58(52,53)56-41-43(47)46(50)51)39-54-44(48)37-35-33-31-29-27-25-23-18-16-14-12-10-8-6-4-2/h6,8,11-14,17-19,21-23,26,28,42-43H,3-5,7,9-10,15-16,20,24-25,27,29-41,47H2,1-2H3,(H,50,51)(H,52,53)/b8-6-,13-11-,14-12-,19-17-,22-21-,23-18-,28-26-/t42-,43+/m1/s1. The van der Waals surface area contributed by atoms with Crippen LogP contribution in [0.5, 0.6) is 0 Å². The molecule has 11 nitrogen and oxygen atoms in total. The van der Waals surface area contributed by atoms with Gasteiger partial charge in [0.25, 0.3) is 0 Å². The van der Waals surface area contributed by atoms with E-state index >= 15 is 0 Å². The maximum Gasteiger partial charge on any atom is 0.472 e. The van der Waals surface area contributed by atoms with Crippen LogP contribution in [0.2, 0.25) is 0 Å². The SMILES string of the molecule is CC/C=C\C/C=C\C/C=C\CCCCCCCC(=O)OC[C@H](COP(=O)(O)OC[C@H](N)C(=O)O)OC(=O)CCCCC/C=C\C/C=C\C/C=C\C/C=C\CCCCC. The first kappa shape index (κ1) is 54.7. The van der Waals surface area contributed by atoms with Crippen molar-refractivity contribution in [2.45, 2.75) is 167 Å². The number of rotatable bonds is 39. The maximum absolute atomic E-state index is 12.6. The Kier molecular flexibility index (Phi) is 38.1. The van der Waals surface area contributed by atoms with Crippen LogP contribution in [0.15, 0.2) is 85.1 Å². The number of nitrogens with two attached hydrogens (primary N) is 1. The Morgan fingerprint density at radius 2 is 0.966 bits per heavy atom. The van der Waals surface area contributed by atoms with Gasteiger partial charge in [-0.05, 0) is 89.9 Å². The van der Waals surface area contributed by atoms with Crippen LogP contribution in [0.3, 0.4) is 0 Å². The van der Waals surface area contributed by atoms with Crippen molar-refractivity contribution in [3.63, 3.8) is 0 Å². The molecule has 3 atom stereocenters. The Balaban J connectivity index is 4.48. The van der Waals surface area contributed by atoms with Gasteiger partial charge in [-0.3, -0.25) is 23.4 Å². The Hall–Kier alpha value is -3.34. The summed E-state index contributed by atoms with van der Waals surface area (Å²) in [6.07, 6.45) is 49.3. The molecule has 0 bridgehead atoms. The van der Waals surface area contributed by atoms with Gasteiger partial charge in [-0.1, -0.05) is 137 Å². The average molecular weight is 834 g/mol. The normalized spacial score (nSPS) is 14.6. The van der Waals surface area contributed by atoms with Crippen molar-refractivity contribution in [2.24, 2.45) is 5.73 Å². The summed E-state index contributed by atoms with van der Waals surface area (Å²) in [6.45, 7) is 2.59. The lowest BCUT2D eigenvalue weighted by atomic mass is 10.1. The summed E-state index contributed by atoms with van der Waals surface area (Å²) in [6, 6.07) is -1.53. The van der Waals surface area contributed by atoms with Gasteiger partial charge >= 0.3 is 25.7 Å². The van der Waals surface area contributed by atoms with Crippen molar-refractivity contribution >= 4 is 25.7 Å².